The third kappa shape index (κ3) is 1.09. The second-order valence-electron chi connectivity index (χ2n) is 3.42. The van der Waals surface area contributed by atoms with Crippen LogP contribution in [0.2, 0.25) is 0 Å². The Morgan fingerprint density at radius 3 is 2.18 bits per heavy atom. The first kappa shape index (κ1) is 9.01. The predicted octanol–water partition coefficient (Wildman–Crippen LogP) is 1.57. The molecule has 2 heteroatoms. The normalized spacial score (nSPS) is 34.9. The lowest BCUT2D eigenvalue weighted by atomic mass is 9.60. The summed E-state index contributed by atoms with van der Waals surface area (Å²) in [4.78, 5) is 0. The molecule has 0 unspecified atom stereocenters. The SMILES string of the molecule is CCC1(CC)[C@H](O)C[C@H]1OC. The maximum absolute atomic E-state index is 9.58. The Labute approximate surface area is 68.6 Å². The van der Waals surface area contributed by atoms with Gasteiger partial charge in [-0.25, -0.2) is 0 Å². The van der Waals surface area contributed by atoms with Crippen molar-refractivity contribution in [2.75, 3.05) is 7.11 Å². The highest BCUT2D eigenvalue weighted by Crippen LogP contribution is 2.48. The van der Waals surface area contributed by atoms with Crippen LogP contribution in [0.15, 0.2) is 0 Å². The number of ether oxygens (including phenoxy) is 1. The molecule has 1 aliphatic rings. The predicted molar refractivity (Wildman–Crippen MR) is 44.4 cm³/mol. The van der Waals surface area contributed by atoms with Gasteiger partial charge in [0.1, 0.15) is 0 Å². The van der Waals surface area contributed by atoms with E-state index in [4.69, 9.17) is 4.74 Å². The minimum absolute atomic E-state index is 0.0642. The van der Waals surface area contributed by atoms with Crippen LogP contribution in [0.3, 0.4) is 0 Å². The molecule has 11 heavy (non-hydrogen) atoms. The van der Waals surface area contributed by atoms with Gasteiger partial charge in [-0.05, 0) is 12.8 Å². The van der Waals surface area contributed by atoms with Gasteiger partial charge in [0, 0.05) is 18.9 Å². The zero-order valence-electron chi connectivity index (χ0n) is 7.63. The lowest BCUT2D eigenvalue weighted by Gasteiger charge is -2.52. The van der Waals surface area contributed by atoms with Crippen LogP contribution >= 0.6 is 0 Å². The average molecular weight is 158 g/mol. The molecule has 1 aliphatic carbocycles. The van der Waals surface area contributed by atoms with E-state index in [0.29, 0.717) is 0 Å². The van der Waals surface area contributed by atoms with E-state index in [1.54, 1.807) is 7.11 Å². The maximum atomic E-state index is 9.58. The minimum Gasteiger partial charge on any atom is -0.392 e. The van der Waals surface area contributed by atoms with Crippen molar-refractivity contribution >= 4 is 0 Å². The van der Waals surface area contributed by atoms with Gasteiger partial charge in [-0.2, -0.15) is 0 Å². The van der Waals surface area contributed by atoms with Gasteiger partial charge in [0.15, 0.2) is 0 Å². The Balaban J connectivity index is 2.62. The molecule has 0 saturated heterocycles. The quantitative estimate of drug-likeness (QED) is 0.675. The second kappa shape index (κ2) is 3.11. The summed E-state index contributed by atoms with van der Waals surface area (Å²) in [5.74, 6) is 0. The molecule has 0 radical (unpaired) electrons. The van der Waals surface area contributed by atoms with Gasteiger partial charge < -0.3 is 9.84 Å². The number of hydrogen-bond donors (Lipinski definition) is 1. The number of hydrogen-bond acceptors (Lipinski definition) is 2. The van der Waals surface area contributed by atoms with Gasteiger partial charge >= 0.3 is 0 Å². The summed E-state index contributed by atoms with van der Waals surface area (Å²) in [5, 5.41) is 9.58. The van der Waals surface area contributed by atoms with E-state index in [2.05, 4.69) is 13.8 Å². The topological polar surface area (TPSA) is 29.5 Å². The Morgan fingerprint density at radius 2 is 2.00 bits per heavy atom. The first-order valence-electron chi connectivity index (χ1n) is 4.42. The Morgan fingerprint density at radius 1 is 1.45 bits per heavy atom. The average Bonchev–Trinajstić information content (AvgIpc) is 2.02. The summed E-state index contributed by atoms with van der Waals surface area (Å²) in [6.07, 6.45) is 3.00. The first-order chi connectivity index (χ1) is 5.21. The van der Waals surface area contributed by atoms with E-state index >= 15 is 0 Å². The Bertz CT molecular complexity index is 130. The summed E-state index contributed by atoms with van der Waals surface area (Å²) in [6, 6.07) is 0. The molecule has 0 aromatic carbocycles. The molecule has 0 amide bonds. The third-order valence-electron chi connectivity index (χ3n) is 3.34. The van der Waals surface area contributed by atoms with Crippen LogP contribution in [0, 0.1) is 5.41 Å². The highest BCUT2D eigenvalue weighted by molar-refractivity contribution is 5.02. The molecule has 0 aromatic heterocycles. The fourth-order valence-electron chi connectivity index (χ4n) is 2.23. The van der Waals surface area contributed by atoms with Gasteiger partial charge in [0.05, 0.1) is 12.2 Å². The molecule has 0 heterocycles. The van der Waals surface area contributed by atoms with Gasteiger partial charge in [-0.15, -0.1) is 0 Å². The highest BCUT2D eigenvalue weighted by Gasteiger charge is 2.52. The smallest absolute Gasteiger partial charge is 0.0676 e. The molecule has 1 N–H and O–H groups in total. The van der Waals surface area contributed by atoms with Crippen molar-refractivity contribution < 1.29 is 9.84 Å². The summed E-state index contributed by atoms with van der Waals surface area (Å²) >= 11 is 0. The lowest BCUT2D eigenvalue weighted by Crippen LogP contribution is -2.57. The number of aliphatic hydroxyl groups excluding tert-OH is 1. The number of aliphatic hydroxyl groups is 1. The molecule has 0 bridgehead atoms. The summed E-state index contributed by atoms with van der Waals surface area (Å²) in [6.45, 7) is 4.25. The van der Waals surface area contributed by atoms with Crippen molar-refractivity contribution in [1.29, 1.82) is 0 Å². The second-order valence-corrected chi connectivity index (χ2v) is 3.42. The van der Waals surface area contributed by atoms with Crippen molar-refractivity contribution in [3.05, 3.63) is 0 Å². The van der Waals surface area contributed by atoms with Crippen molar-refractivity contribution in [1.82, 2.24) is 0 Å². The molecule has 66 valence electrons. The third-order valence-corrected chi connectivity index (χ3v) is 3.34. The Kier molecular flexibility index (Phi) is 2.55. The first-order valence-corrected chi connectivity index (χ1v) is 4.42. The molecule has 2 atom stereocenters. The van der Waals surface area contributed by atoms with Crippen LogP contribution in [0.4, 0.5) is 0 Å². The van der Waals surface area contributed by atoms with Crippen LogP contribution in [-0.2, 0) is 4.74 Å². The molecule has 1 fully saturated rings. The molecule has 1 rings (SSSR count). The van der Waals surface area contributed by atoms with Crippen LogP contribution in [0.25, 0.3) is 0 Å². The molecule has 2 nitrogen and oxygen atoms in total. The van der Waals surface area contributed by atoms with Crippen LogP contribution in [0.1, 0.15) is 33.1 Å². The summed E-state index contributed by atoms with van der Waals surface area (Å²) < 4.78 is 5.29. The van der Waals surface area contributed by atoms with E-state index in [-0.39, 0.29) is 17.6 Å². The highest BCUT2D eigenvalue weighted by atomic mass is 16.5. The zero-order valence-corrected chi connectivity index (χ0v) is 7.63. The zero-order chi connectivity index (χ0) is 8.48. The number of methoxy groups -OCH3 is 1. The summed E-state index contributed by atoms with van der Waals surface area (Å²) in [5.41, 5.74) is 0.0642. The van der Waals surface area contributed by atoms with Crippen LogP contribution in [-0.4, -0.2) is 24.4 Å². The molecule has 1 saturated carbocycles. The van der Waals surface area contributed by atoms with E-state index in [1.165, 1.54) is 0 Å². The van der Waals surface area contributed by atoms with Gasteiger partial charge in [0.2, 0.25) is 0 Å². The summed E-state index contributed by atoms with van der Waals surface area (Å²) in [7, 11) is 1.73. The van der Waals surface area contributed by atoms with Gasteiger partial charge in [-0.3, -0.25) is 0 Å². The number of rotatable bonds is 3. The standard InChI is InChI=1S/C9H18O2/c1-4-9(5-2)7(10)6-8(9)11-3/h7-8,10H,4-6H2,1-3H3/t7-,8-/m1/s1. The van der Waals surface area contributed by atoms with Crippen molar-refractivity contribution in [2.24, 2.45) is 5.41 Å². The fraction of sp³-hybridized carbons (Fsp3) is 1.00. The van der Waals surface area contributed by atoms with Crippen molar-refractivity contribution in [3.8, 4) is 0 Å². The molecule has 0 aliphatic heterocycles. The van der Waals surface area contributed by atoms with Crippen molar-refractivity contribution in [3.63, 3.8) is 0 Å². The van der Waals surface area contributed by atoms with E-state index in [1.807, 2.05) is 0 Å². The lowest BCUT2D eigenvalue weighted by molar-refractivity contribution is -0.184. The Hall–Kier alpha value is -0.0800. The van der Waals surface area contributed by atoms with Gasteiger partial charge in [-0.1, -0.05) is 13.8 Å². The maximum Gasteiger partial charge on any atom is 0.0676 e. The van der Waals surface area contributed by atoms with Crippen LogP contribution < -0.4 is 0 Å². The largest absolute Gasteiger partial charge is 0.392 e. The van der Waals surface area contributed by atoms with E-state index in [9.17, 15) is 5.11 Å². The minimum atomic E-state index is -0.137. The monoisotopic (exact) mass is 158 g/mol. The van der Waals surface area contributed by atoms with Crippen molar-refractivity contribution in [2.45, 2.75) is 45.3 Å². The van der Waals surface area contributed by atoms with Crippen LogP contribution in [0.5, 0.6) is 0 Å². The molecule has 0 aromatic rings. The fourth-order valence-corrected chi connectivity index (χ4v) is 2.23. The van der Waals surface area contributed by atoms with Gasteiger partial charge in [0.25, 0.3) is 0 Å². The molecular formula is C9H18O2. The van der Waals surface area contributed by atoms with E-state index < -0.39 is 0 Å². The molecular weight excluding hydrogens is 140 g/mol. The van der Waals surface area contributed by atoms with E-state index in [0.717, 1.165) is 19.3 Å². The molecule has 0 spiro atoms.